The van der Waals surface area contributed by atoms with Crippen LogP contribution in [-0.4, -0.2) is 47.9 Å². The molecule has 0 radical (unpaired) electrons. The molecule has 1 aromatic heterocycles. The molecule has 2 atom stereocenters. The van der Waals surface area contributed by atoms with Crippen molar-refractivity contribution in [2.75, 3.05) is 20.1 Å². The summed E-state index contributed by atoms with van der Waals surface area (Å²) in [4.78, 5) is 17.1. The number of amides is 1. The molecule has 0 aromatic carbocycles. The Kier molecular flexibility index (Phi) is 3.35. The molecule has 2 aliphatic rings. The van der Waals surface area contributed by atoms with E-state index in [1.807, 2.05) is 17.9 Å². The van der Waals surface area contributed by atoms with Crippen LogP contribution in [0.25, 0.3) is 0 Å². The average molecular weight is 262 g/mol. The van der Waals surface area contributed by atoms with Crippen LogP contribution in [0.2, 0.25) is 0 Å². The van der Waals surface area contributed by atoms with E-state index in [0.29, 0.717) is 17.8 Å². The molecular formula is C15H22N2O2. The minimum atomic E-state index is 0.0744. The maximum Gasteiger partial charge on any atom is 0.290 e. The van der Waals surface area contributed by atoms with Crippen molar-refractivity contribution in [3.05, 3.63) is 23.7 Å². The van der Waals surface area contributed by atoms with Crippen LogP contribution < -0.4 is 0 Å². The minimum Gasteiger partial charge on any atom is -0.459 e. The first-order valence-corrected chi connectivity index (χ1v) is 7.24. The van der Waals surface area contributed by atoms with E-state index in [9.17, 15) is 4.79 Å². The molecule has 0 N–H and O–H groups in total. The van der Waals surface area contributed by atoms with Crippen molar-refractivity contribution in [1.29, 1.82) is 0 Å². The van der Waals surface area contributed by atoms with Gasteiger partial charge >= 0.3 is 0 Å². The summed E-state index contributed by atoms with van der Waals surface area (Å²) in [5, 5.41) is 0. The highest BCUT2D eigenvalue weighted by Gasteiger charge is 2.39. The highest BCUT2D eigenvalue weighted by Crippen LogP contribution is 2.30. The van der Waals surface area contributed by atoms with Gasteiger partial charge in [-0.3, -0.25) is 4.79 Å². The van der Waals surface area contributed by atoms with Crippen molar-refractivity contribution in [3.63, 3.8) is 0 Å². The second kappa shape index (κ2) is 5.00. The number of hydrogen-bond acceptors (Lipinski definition) is 3. The van der Waals surface area contributed by atoms with Crippen LogP contribution in [0.15, 0.2) is 16.7 Å². The van der Waals surface area contributed by atoms with E-state index >= 15 is 0 Å². The number of carbonyl (C=O) groups excluding carboxylic acids is 1. The summed E-state index contributed by atoms with van der Waals surface area (Å²) in [6.07, 6.45) is 6.30. The standard InChI is InChI=1S/C15H22N2O2/c1-11-7-10-19-14(11)15(18)17-9-4-6-13(17)12-5-3-8-16(12)2/h7,10,12-13H,3-6,8-9H2,1-2H3/t12-,13+/m1/s1. The van der Waals surface area contributed by atoms with Gasteiger partial charge in [0, 0.05) is 24.2 Å². The molecule has 0 aliphatic carbocycles. The highest BCUT2D eigenvalue weighted by molar-refractivity contribution is 5.93. The molecule has 1 amide bonds. The quantitative estimate of drug-likeness (QED) is 0.820. The molecule has 2 saturated heterocycles. The summed E-state index contributed by atoms with van der Waals surface area (Å²) in [6, 6.07) is 2.76. The summed E-state index contributed by atoms with van der Waals surface area (Å²) in [7, 11) is 2.18. The topological polar surface area (TPSA) is 36.7 Å². The smallest absolute Gasteiger partial charge is 0.290 e. The third-order valence-electron chi connectivity index (χ3n) is 4.64. The Morgan fingerprint density at radius 3 is 2.63 bits per heavy atom. The fraction of sp³-hybridized carbons (Fsp3) is 0.667. The van der Waals surface area contributed by atoms with Gasteiger partial charge < -0.3 is 14.2 Å². The van der Waals surface area contributed by atoms with Gasteiger partial charge in [-0.1, -0.05) is 0 Å². The fourth-order valence-corrected chi connectivity index (χ4v) is 3.59. The number of aryl methyl sites for hydroxylation is 1. The molecule has 3 heterocycles. The molecule has 4 heteroatoms. The first kappa shape index (κ1) is 12.7. The van der Waals surface area contributed by atoms with Gasteiger partial charge in [0.15, 0.2) is 5.76 Å². The van der Waals surface area contributed by atoms with Crippen LogP contribution in [0, 0.1) is 6.92 Å². The van der Waals surface area contributed by atoms with E-state index in [1.54, 1.807) is 6.26 Å². The van der Waals surface area contributed by atoms with Crippen LogP contribution in [-0.2, 0) is 0 Å². The van der Waals surface area contributed by atoms with Gasteiger partial charge in [-0.25, -0.2) is 0 Å². The Morgan fingerprint density at radius 2 is 2.00 bits per heavy atom. The Bertz CT molecular complexity index is 468. The van der Waals surface area contributed by atoms with Gasteiger partial charge in [-0.05, 0) is 52.3 Å². The first-order chi connectivity index (χ1) is 9.18. The largest absolute Gasteiger partial charge is 0.459 e. The van der Waals surface area contributed by atoms with E-state index < -0.39 is 0 Å². The Hall–Kier alpha value is -1.29. The first-order valence-electron chi connectivity index (χ1n) is 7.24. The van der Waals surface area contributed by atoms with Crippen molar-refractivity contribution in [2.45, 2.75) is 44.7 Å². The average Bonchev–Trinajstić information content (AvgIpc) is 3.07. The van der Waals surface area contributed by atoms with Crippen molar-refractivity contribution < 1.29 is 9.21 Å². The zero-order chi connectivity index (χ0) is 13.4. The molecule has 0 bridgehead atoms. The fourth-order valence-electron chi connectivity index (χ4n) is 3.59. The molecule has 4 nitrogen and oxygen atoms in total. The molecule has 19 heavy (non-hydrogen) atoms. The maximum atomic E-state index is 12.6. The minimum absolute atomic E-state index is 0.0744. The SMILES string of the molecule is Cc1ccoc1C(=O)N1CCC[C@H]1[C@H]1CCCN1C. The number of rotatable bonds is 2. The normalized spacial score (nSPS) is 28.2. The molecule has 2 aliphatic heterocycles. The van der Waals surface area contributed by atoms with E-state index in [2.05, 4.69) is 11.9 Å². The van der Waals surface area contributed by atoms with Gasteiger partial charge in [-0.2, -0.15) is 0 Å². The number of nitrogens with zero attached hydrogens (tertiary/aromatic N) is 2. The number of hydrogen-bond donors (Lipinski definition) is 0. The zero-order valence-electron chi connectivity index (χ0n) is 11.8. The van der Waals surface area contributed by atoms with Crippen molar-refractivity contribution in [1.82, 2.24) is 9.80 Å². The zero-order valence-corrected chi connectivity index (χ0v) is 11.8. The lowest BCUT2D eigenvalue weighted by atomic mass is 10.0. The van der Waals surface area contributed by atoms with Gasteiger partial charge in [0.1, 0.15) is 0 Å². The molecule has 3 rings (SSSR count). The summed E-state index contributed by atoms with van der Waals surface area (Å²) in [5.74, 6) is 0.595. The van der Waals surface area contributed by atoms with E-state index in [1.165, 1.54) is 12.8 Å². The van der Waals surface area contributed by atoms with Gasteiger partial charge in [0.05, 0.1) is 6.26 Å². The molecule has 104 valence electrons. The molecule has 0 saturated carbocycles. The maximum absolute atomic E-state index is 12.6. The molecule has 0 spiro atoms. The third-order valence-corrected chi connectivity index (χ3v) is 4.64. The van der Waals surface area contributed by atoms with Gasteiger partial charge in [0.2, 0.25) is 0 Å². The molecule has 1 aromatic rings. The summed E-state index contributed by atoms with van der Waals surface area (Å²) in [6.45, 7) is 3.96. The summed E-state index contributed by atoms with van der Waals surface area (Å²) < 4.78 is 5.37. The lowest BCUT2D eigenvalue weighted by Gasteiger charge is -2.32. The van der Waals surface area contributed by atoms with Gasteiger partial charge in [-0.15, -0.1) is 0 Å². The summed E-state index contributed by atoms with van der Waals surface area (Å²) in [5.41, 5.74) is 0.940. The Labute approximate surface area is 114 Å². The lowest BCUT2D eigenvalue weighted by Crippen LogP contribution is -2.47. The van der Waals surface area contributed by atoms with E-state index in [0.717, 1.165) is 31.5 Å². The third kappa shape index (κ3) is 2.18. The number of likely N-dealkylation sites (tertiary alicyclic amines) is 2. The van der Waals surface area contributed by atoms with Crippen molar-refractivity contribution in [2.24, 2.45) is 0 Å². The van der Waals surface area contributed by atoms with Crippen LogP contribution in [0.5, 0.6) is 0 Å². The van der Waals surface area contributed by atoms with Gasteiger partial charge in [0.25, 0.3) is 5.91 Å². The summed E-state index contributed by atoms with van der Waals surface area (Å²) >= 11 is 0. The molecule has 0 unspecified atom stereocenters. The van der Waals surface area contributed by atoms with Crippen LogP contribution in [0.3, 0.4) is 0 Å². The van der Waals surface area contributed by atoms with Crippen molar-refractivity contribution in [3.8, 4) is 0 Å². The second-order valence-electron chi connectivity index (χ2n) is 5.83. The van der Waals surface area contributed by atoms with Crippen molar-refractivity contribution >= 4 is 5.91 Å². The monoisotopic (exact) mass is 262 g/mol. The molecular weight excluding hydrogens is 240 g/mol. The second-order valence-corrected chi connectivity index (χ2v) is 5.83. The number of carbonyl (C=O) groups is 1. The number of furan rings is 1. The van der Waals surface area contributed by atoms with Crippen LogP contribution in [0.1, 0.15) is 41.8 Å². The predicted molar refractivity (Wildman–Crippen MR) is 73.2 cm³/mol. The van der Waals surface area contributed by atoms with E-state index in [-0.39, 0.29) is 5.91 Å². The lowest BCUT2D eigenvalue weighted by molar-refractivity contribution is 0.0632. The van der Waals surface area contributed by atoms with Crippen LogP contribution in [0.4, 0.5) is 0 Å². The highest BCUT2D eigenvalue weighted by atomic mass is 16.3. The Balaban J connectivity index is 1.80. The van der Waals surface area contributed by atoms with Crippen LogP contribution >= 0.6 is 0 Å². The number of likely N-dealkylation sites (N-methyl/N-ethyl adjacent to an activating group) is 1. The molecule has 2 fully saturated rings. The predicted octanol–water partition coefficient (Wildman–Crippen LogP) is 2.29. The van der Waals surface area contributed by atoms with E-state index in [4.69, 9.17) is 4.42 Å². The Morgan fingerprint density at radius 1 is 1.26 bits per heavy atom.